The SMILES string of the molecule is CCNc1ccc(C(=O)NC2CCCC(C)(C)C2)cn1. The maximum atomic E-state index is 12.2. The summed E-state index contributed by atoms with van der Waals surface area (Å²) in [6, 6.07) is 3.97. The molecule has 1 unspecified atom stereocenters. The van der Waals surface area contributed by atoms with Crippen LogP contribution in [0.5, 0.6) is 0 Å². The number of aromatic nitrogens is 1. The molecule has 110 valence electrons. The van der Waals surface area contributed by atoms with Crippen LogP contribution in [0.2, 0.25) is 0 Å². The average Bonchev–Trinajstić information content (AvgIpc) is 2.38. The Morgan fingerprint density at radius 2 is 2.25 bits per heavy atom. The molecule has 0 aromatic carbocycles. The van der Waals surface area contributed by atoms with Gasteiger partial charge in [0.15, 0.2) is 0 Å². The fraction of sp³-hybridized carbons (Fsp3) is 0.625. The van der Waals surface area contributed by atoms with E-state index in [4.69, 9.17) is 0 Å². The summed E-state index contributed by atoms with van der Waals surface area (Å²) in [5.41, 5.74) is 0.971. The summed E-state index contributed by atoms with van der Waals surface area (Å²) in [6.45, 7) is 7.40. The molecule has 0 radical (unpaired) electrons. The predicted octanol–water partition coefficient (Wildman–Crippen LogP) is 3.21. The van der Waals surface area contributed by atoms with Crippen molar-refractivity contribution >= 4 is 11.7 Å². The molecule has 0 aliphatic heterocycles. The minimum atomic E-state index is -0.0109. The predicted molar refractivity (Wildman–Crippen MR) is 81.9 cm³/mol. The standard InChI is InChI=1S/C16H25N3O/c1-4-17-14-8-7-12(11-18-14)15(20)19-13-6-5-9-16(2,3)10-13/h7-8,11,13H,4-6,9-10H2,1-3H3,(H,17,18)(H,19,20). The molecule has 1 aliphatic carbocycles. The van der Waals surface area contributed by atoms with E-state index in [1.54, 1.807) is 6.20 Å². The van der Waals surface area contributed by atoms with E-state index in [9.17, 15) is 4.79 Å². The molecule has 2 N–H and O–H groups in total. The van der Waals surface area contributed by atoms with Crippen LogP contribution < -0.4 is 10.6 Å². The highest BCUT2D eigenvalue weighted by Gasteiger charge is 2.28. The van der Waals surface area contributed by atoms with Crippen LogP contribution >= 0.6 is 0 Å². The fourth-order valence-corrected chi connectivity index (χ4v) is 2.90. The van der Waals surface area contributed by atoms with Crippen molar-refractivity contribution in [3.8, 4) is 0 Å². The van der Waals surface area contributed by atoms with Gasteiger partial charge in [-0.15, -0.1) is 0 Å². The molecular weight excluding hydrogens is 250 g/mol. The molecule has 1 aromatic heterocycles. The van der Waals surface area contributed by atoms with Gasteiger partial charge in [0.1, 0.15) is 5.82 Å². The Labute approximate surface area is 121 Å². The van der Waals surface area contributed by atoms with Gasteiger partial charge >= 0.3 is 0 Å². The second kappa shape index (κ2) is 6.25. The second-order valence-corrected chi connectivity index (χ2v) is 6.39. The number of nitrogens with one attached hydrogen (secondary N) is 2. The van der Waals surface area contributed by atoms with Crippen molar-refractivity contribution in [2.75, 3.05) is 11.9 Å². The quantitative estimate of drug-likeness (QED) is 0.887. The van der Waals surface area contributed by atoms with Gasteiger partial charge in [-0.1, -0.05) is 20.3 Å². The van der Waals surface area contributed by atoms with Gasteiger partial charge in [-0.2, -0.15) is 0 Å². The Morgan fingerprint density at radius 1 is 1.45 bits per heavy atom. The number of carbonyl (C=O) groups is 1. The largest absolute Gasteiger partial charge is 0.370 e. The highest BCUT2D eigenvalue weighted by atomic mass is 16.1. The molecule has 1 fully saturated rings. The minimum Gasteiger partial charge on any atom is -0.370 e. The summed E-state index contributed by atoms with van der Waals surface area (Å²) in [7, 11) is 0. The van der Waals surface area contributed by atoms with Crippen molar-refractivity contribution in [3.63, 3.8) is 0 Å². The van der Waals surface area contributed by atoms with Crippen LogP contribution in [-0.2, 0) is 0 Å². The number of carbonyl (C=O) groups excluding carboxylic acids is 1. The van der Waals surface area contributed by atoms with Crippen LogP contribution in [0, 0.1) is 5.41 Å². The third kappa shape index (κ3) is 3.95. The molecule has 1 aliphatic rings. The van der Waals surface area contributed by atoms with Crippen LogP contribution in [0.4, 0.5) is 5.82 Å². The zero-order valence-electron chi connectivity index (χ0n) is 12.7. The van der Waals surface area contributed by atoms with E-state index in [1.165, 1.54) is 12.8 Å². The smallest absolute Gasteiger partial charge is 0.253 e. The van der Waals surface area contributed by atoms with E-state index in [0.29, 0.717) is 17.0 Å². The van der Waals surface area contributed by atoms with Crippen molar-refractivity contribution < 1.29 is 4.79 Å². The Hall–Kier alpha value is -1.58. The first-order chi connectivity index (χ1) is 9.50. The van der Waals surface area contributed by atoms with Gasteiger partial charge in [-0.25, -0.2) is 4.98 Å². The van der Waals surface area contributed by atoms with Crippen LogP contribution in [0.15, 0.2) is 18.3 Å². The molecule has 4 heteroatoms. The van der Waals surface area contributed by atoms with Crippen LogP contribution in [0.3, 0.4) is 0 Å². The third-order valence-electron chi connectivity index (χ3n) is 3.92. The van der Waals surface area contributed by atoms with E-state index in [-0.39, 0.29) is 5.91 Å². The van der Waals surface area contributed by atoms with Crippen LogP contribution in [0.1, 0.15) is 56.8 Å². The first kappa shape index (κ1) is 14.8. The molecule has 1 saturated carbocycles. The molecule has 0 bridgehead atoms. The van der Waals surface area contributed by atoms with Gasteiger partial charge in [0.25, 0.3) is 5.91 Å². The van der Waals surface area contributed by atoms with Gasteiger partial charge in [0, 0.05) is 18.8 Å². The Balaban J connectivity index is 1.94. The Bertz CT molecular complexity index is 453. The molecule has 20 heavy (non-hydrogen) atoms. The first-order valence-corrected chi connectivity index (χ1v) is 7.51. The number of hydrogen-bond acceptors (Lipinski definition) is 3. The lowest BCUT2D eigenvalue weighted by Crippen LogP contribution is -2.40. The normalized spacial score (nSPS) is 21.2. The Kier molecular flexibility index (Phi) is 4.63. The molecule has 2 rings (SSSR count). The van der Waals surface area contributed by atoms with Gasteiger partial charge in [0.05, 0.1) is 5.56 Å². The van der Waals surface area contributed by atoms with Gasteiger partial charge in [0.2, 0.25) is 0 Å². The maximum Gasteiger partial charge on any atom is 0.253 e. The average molecular weight is 275 g/mol. The van der Waals surface area contributed by atoms with Crippen molar-refractivity contribution in [2.24, 2.45) is 5.41 Å². The molecule has 0 saturated heterocycles. The van der Waals surface area contributed by atoms with Crippen LogP contribution in [-0.4, -0.2) is 23.5 Å². The number of rotatable bonds is 4. The lowest BCUT2D eigenvalue weighted by molar-refractivity contribution is 0.0902. The lowest BCUT2D eigenvalue weighted by Gasteiger charge is -2.35. The number of hydrogen-bond donors (Lipinski definition) is 2. The highest BCUT2D eigenvalue weighted by molar-refractivity contribution is 5.94. The fourth-order valence-electron chi connectivity index (χ4n) is 2.90. The van der Waals surface area contributed by atoms with E-state index < -0.39 is 0 Å². The first-order valence-electron chi connectivity index (χ1n) is 7.51. The molecule has 0 spiro atoms. The summed E-state index contributed by atoms with van der Waals surface area (Å²) in [5.74, 6) is 0.797. The molecular formula is C16H25N3O. The monoisotopic (exact) mass is 275 g/mol. The number of amides is 1. The van der Waals surface area contributed by atoms with Gasteiger partial charge in [-0.05, 0) is 43.7 Å². The Morgan fingerprint density at radius 3 is 2.85 bits per heavy atom. The molecule has 1 amide bonds. The summed E-state index contributed by atoms with van der Waals surface area (Å²) >= 11 is 0. The van der Waals surface area contributed by atoms with Crippen molar-refractivity contribution in [2.45, 2.75) is 52.5 Å². The number of nitrogens with zero attached hydrogens (tertiary/aromatic N) is 1. The highest BCUT2D eigenvalue weighted by Crippen LogP contribution is 2.35. The third-order valence-corrected chi connectivity index (χ3v) is 3.92. The number of anilines is 1. The second-order valence-electron chi connectivity index (χ2n) is 6.39. The van der Waals surface area contributed by atoms with E-state index in [2.05, 4.69) is 29.5 Å². The zero-order chi connectivity index (χ0) is 14.6. The topological polar surface area (TPSA) is 54.0 Å². The van der Waals surface area contributed by atoms with E-state index in [1.807, 2.05) is 19.1 Å². The summed E-state index contributed by atoms with van der Waals surface area (Å²) < 4.78 is 0. The molecule has 1 heterocycles. The minimum absolute atomic E-state index is 0.0109. The van der Waals surface area contributed by atoms with Crippen LogP contribution in [0.25, 0.3) is 0 Å². The van der Waals surface area contributed by atoms with Crippen molar-refractivity contribution in [1.82, 2.24) is 10.3 Å². The van der Waals surface area contributed by atoms with Crippen molar-refractivity contribution in [3.05, 3.63) is 23.9 Å². The van der Waals surface area contributed by atoms with Gasteiger partial charge < -0.3 is 10.6 Å². The van der Waals surface area contributed by atoms with E-state index in [0.717, 1.165) is 25.2 Å². The molecule has 4 nitrogen and oxygen atoms in total. The maximum absolute atomic E-state index is 12.2. The number of pyridine rings is 1. The van der Waals surface area contributed by atoms with Crippen molar-refractivity contribution in [1.29, 1.82) is 0 Å². The van der Waals surface area contributed by atoms with Gasteiger partial charge in [-0.3, -0.25) is 4.79 Å². The summed E-state index contributed by atoms with van der Waals surface area (Å²) in [5, 5.41) is 6.27. The zero-order valence-corrected chi connectivity index (χ0v) is 12.7. The molecule has 1 atom stereocenters. The lowest BCUT2D eigenvalue weighted by atomic mass is 9.75. The molecule has 1 aromatic rings. The van der Waals surface area contributed by atoms with E-state index >= 15 is 0 Å². The summed E-state index contributed by atoms with van der Waals surface area (Å²) in [4.78, 5) is 16.5. The summed E-state index contributed by atoms with van der Waals surface area (Å²) in [6.07, 6.45) is 6.22.